The van der Waals surface area contributed by atoms with Gasteiger partial charge in [0.1, 0.15) is 0 Å². The first-order chi connectivity index (χ1) is 6.68. The molecule has 0 saturated heterocycles. The van der Waals surface area contributed by atoms with Gasteiger partial charge in [0, 0.05) is 5.69 Å². The SMILES string of the molecule is Nc1ccc(B(O)O)c(C2CCC2)c1. The summed E-state index contributed by atoms with van der Waals surface area (Å²) in [5.41, 5.74) is 7.98. The van der Waals surface area contributed by atoms with Gasteiger partial charge in [-0.05, 0) is 41.9 Å². The van der Waals surface area contributed by atoms with Crippen LogP contribution in [0.15, 0.2) is 18.2 Å². The monoisotopic (exact) mass is 191 g/mol. The van der Waals surface area contributed by atoms with E-state index in [0.717, 1.165) is 18.4 Å². The van der Waals surface area contributed by atoms with Crippen molar-refractivity contribution in [3.8, 4) is 0 Å². The molecule has 4 heteroatoms. The second-order valence-corrected chi connectivity index (χ2v) is 3.89. The van der Waals surface area contributed by atoms with Gasteiger partial charge in [-0.2, -0.15) is 0 Å². The van der Waals surface area contributed by atoms with Crippen molar-refractivity contribution in [2.75, 3.05) is 5.73 Å². The molecule has 0 atom stereocenters. The van der Waals surface area contributed by atoms with E-state index >= 15 is 0 Å². The molecule has 3 nitrogen and oxygen atoms in total. The van der Waals surface area contributed by atoms with Crippen molar-refractivity contribution in [1.82, 2.24) is 0 Å². The Labute approximate surface area is 83.7 Å². The fourth-order valence-corrected chi connectivity index (χ4v) is 1.90. The van der Waals surface area contributed by atoms with E-state index in [1.807, 2.05) is 6.07 Å². The minimum absolute atomic E-state index is 0.468. The minimum atomic E-state index is -1.38. The van der Waals surface area contributed by atoms with Gasteiger partial charge in [0.2, 0.25) is 0 Å². The average molecular weight is 191 g/mol. The summed E-state index contributed by atoms with van der Waals surface area (Å²) in [7, 11) is -1.38. The third kappa shape index (κ3) is 1.63. The quantitative estimate of drug-likeness (QED) is 0.462. The maximum atomic E-state index is 9.18. The van der Waals surface area contributed by atoms with Crippen molar-refractivity contribution in [1.29, 1.82) is 0 Å². The highest BCUT2D eigenvalue weighted by Gasteiger charge is 2.26. The van der Waals surface area contributed by atoms with Crippen LogP contribution in [0.2, 0.25) is 0 Å². The Balaban J connectivity index is 2.37. The number of rotatable bonds is 2. The summed E-state index contributed by atoms with van der Waals surface area (Å²) in [6, 6.07) is 5.27. The first kappa shape index (κ1) is 9.56. The lowest BCUT2D eigenvalue weighted by Gasteiger charge is -2.28. The van der Waals surface area contributed by atoms with Crippen molar-refractivity contribution in [3.63, 3.8) is 0 Å². The largest absolute Gasteiger partial charge is 0.488 e. The van der Waals surface area contributed by atoms with Gasteiger partial charge < -0.3 is 15.8 Å². The average Bonchev–Trinajstić information content (AvgIpc) is 2.00. The Morgan fingerprint density at radius 2 is 2.00 bits per heavy atom. The molecule has 1 fully saturated rings. The van der Waals surface area contributed by atoms with Crippen LogP contribution in [0.25, 0.3) is 0 Å². The molecule has 2 rings (SSSR count). The molecule has 0 heterocycles. The number of hydrogen-bond acceptors (Lipinski definition) is 3. The number of anilines is 1. The van der Waals surface area contributed by atoms with Crippen LogP contribution < -0.4 is 11.2 Å². The van der Waals surface area contributed by atoms with Crippen LogP contribution in [-0.4, -0.2) is 17.2 Å². The van der Waals surface area contributed by atoms with Gasteiger partial charge in [0.05, 0.1) is 0 Å². The molecule has 1 aliphatic carbocycles. The van der Waals surface area contributed by atoms with E-state index in [0.29, 0.717) is 17.1 Å². The predicted octanol–water partition coefficient (Wildman–Crippen LogP) is 0.216. The van der Waals surface area contributed by atoms with Crippen molar-refractivity contribution < 1.29 is 10.0 Å². The summed E-state index contributed by atoms with van der Waals surface area (Å²) in [4.78, 5) is 0. The van der Waals surface area contributed by atoms with Crippen molar-refractivity contribution in [2.24, 2.45) is 0 Å². The number of benzene rings is 1. The molecule has 0 aromatic heterocycles. The lowest BCUT2D eigenvalue weighted by molar-refractivity contribution is 0.410. The van der Waals surface area contributed by atoms with Crippen LogP contribution >= 0.6 is 0 Å². The van der Waals surface area contributed by atoms with Gasteiger partial charge in [-0.25, -0.2) is 0 Å². The van der Waals surface area contributed by atoms with Gasteiger partial charge >= 0.3 is 7.12 Å². The second kappa shape index (κ2) is 3.63. The van der Waals surface area contributed by atoms with Crippen LogP contribution in [0.5, 0.6) is 0 Å². The van der Waals surface area contributed by atoms with Crippen LogP contribution in [0.4, 0.5) is 5.69 Å². The van der Waals surface area contributed by atoms with E-state index in [1.165, 1.54) is 6.42 Å². The fraction of sp³-hybridized carbons (Fsp3) is 0.400. The third-order valence-corrected chi connectivity index (χ3v) is 2.93. The Morgan fingerprint density at radius 1 is 1.29 bits per heavy atom. The summed E-state index contributed by atoms with van der Waals surface area (Å²) in [5.74, 6) is 0.468. The van der Waals surface area contributed by atoms with Gasteiger partial charge in [-0.3, -0.25) is 0 Å². The van der Waals surface area contributed by atoms with Crippen LogP contribution in [0, 0.1) is 0 Å². The molecule has 0 bridgehead atoms. The number of nitrogens with two attached hydrogens (primary N) is 1. The summed E-state index contributed by atoms with van der Waals surface area (Å²) >= 11 is 0. The normalized spacial score (nSPS) is 16.4. The molecule has 1 saturated carbocycles. The van der Waals surface area contributed by atoms with Gasteiger partial charge in [-0.1, -0.05) is 12.5 Å². The van der Waals surface area contributed by atoms with Crippen molar-refractivity contribution in [3.05, 3.63) is 23.8 Å². The summed E-state index contributed by atoms with van der Waals surface area (Å²) in [5, 5.41) is 18.4. The zero-order valence-corrected chi connectivity index (χ0v) is 7.98. The molecule has 0 aliphatic heterocycles. The smallest absolute Gasteiger partial charge is 0.423 e. The van der Waals surface area contributed by atoms with E-state index in [-0.39, 0.29) is 0 Å². The lowest BCUT2D eigenvalue weighted by atomic mass is 9.69. The molecule has 14 heavy (non-hydrogen) atoms. The first-order valence-corrected chi connectivity index (χ1v) is 4.94. The summed E-state index contributed by atoms with van der Waals surface area (Å²) < 4.78 is 0. The maximum Gasteiger partial charge on any atom is 0.488 e. The molecule has 1 aliphatic rings. The molecular weight excluding hydrogens is 177 g/mol. The number of hydrogen-bond donors (Lipinski definition) is 3. The van der Waals surface area contributed by atoms with Crippen LogP contribution in [0.1, 0.15) is 30.7 Å². The van der Waals surface area contributed by atoms with E-state index in [9.17, 15) is 10.0 Å². The Bertz CT molecular complexity index is 337. The zero-order chi connectivity index (χ0) is 10.1. The predicted molar refractivity (Wildman–Crippen MR) is 57.3 cm³/mol. The van der Waals surface area contributed by atoms with Gasteiger partial charge in [-0.15, -0.1) is 0 Å². The molecule has 0 radical (unpaired) electrons. The van der Waals surface area contributed by atoms with Crippen molar-refractivity contribution in [2.45, 2.75) is 25.2 Å². The Hall–Kier alpha value is -0.995. The topological polar surface area (TPSA) is 66.5 Å². The molecule has 4 N–H and O–H groups in total. The fourth-order valence-electron chi connectivity index (χ4n) is 1.90. The van der Waals surface area contributed by atoms with Gasteiger partial charge in [0.15, 0.2) is 0 Å². The molecule has 1 aromatic rings. The molecular formula is C10H14BNO2. The molecule has 0 unspecified atom stereocenters. The van der Waals surface area contributed by atoms with Crippen LogP contribution in [-0.2, 0) is 0 Å². The second-order valence-electron chi connectivity index (χ2n) is 3.89. The van der Waals surface area contributed by atoms with E-state index in [1.54, 1.807) is 12.1 Å². The van der Waals surface area contributed by atoms with Crippen LogP contribution in [0.3, 0.4) is 0 Å². The summed E-state index contributed by atoms with van der Waals surface area (Å²) in [6.45, 7) is 0. The third-order valence-electron chi connectivity index (χ3n) is 2.93. The highest BCUT2D eigenvalue weighted by molar-refractivity contribution is 6.59. The van der Waals surface area contributed by atoms with E-state index in [2.05, 4.69) is 0 Å². The van der Waals surface area contributed by atoms with E-state index < -0.39 is 7.12 Å². The standard InChI is InChI=1S/C10H14BNO2/c12-8-4-5-10(11(13)14)9(6-8)7-2-1-3-7/h4-7,13-14H,1-3,12H2. The first-order valence-electron chi connectivity index (χ1n) is 4.94. The molecule has 0 amide bonds. The highest BCUT2D eigenvalue weighted by atomic mass is 16.4. The van der Waals surface area contributed by atoms with Gasteiger partial charge in [0.25, 0.3) is 0 Å². The maximum absolute atomic E-state index is 9.18. The summed E-state index contributed by atoms with van der Waals surface area (Å²) in [6.07, 6.45) is 3.48. The Morgan fingerprint density at radius 3 is 2.50 bits per heavy atom. The van der Waals surface area contributed by atoms with Crippen molar-refractivity contribution >= 4 is 18.3 Å². The minimum Gasteiger partial charge on any atom is -0.423 e. The highest BCUT2D eigenvalue weighted by Crippen LogP contribution is 2.36. The Kier molecular flexibility index (Phi) is 2.48. The zero-order valence-electron chi connectivity index (χ0n) is 7.98. The molecule has 74 valence electrons. The lowest BCUT2D eigenvalue weighted by Crippen LogP contribution is -2.35. The van der Waals surface area contributed by atoms with E-state index in [4.69, 9.17) is 5.73 Å². The molecule has 1 aromatic carbocycles. The number of nitrogen functional groups attached to an aromatic ring is 1. The molecule has 0 spiro atoms.